The van der Waals surface area contributed by atoms with Crippen LogP contribution in [0.3, 0.4) is 0 Å². The quantitative estimate of drug-likeness (QED) is 0.720. The molecule has 0 aliphatic rings. The lowest BCUT2D eigenvalue weighted by molar-refractivity contribution is 0.601. The number of nitrogens with one attached hydrogen (secondary N) is 2. The molecule has 84 valence electrons. The van der Waals surface area contributed by atoms with Crippen molar-refractivity contribution >= 4 is 5.95 Å². The maximum absolute atomic E-state index is 4.30. The van der Waals surface area contributed by atoms with Crippen LogP contribution < -0.4 is 10.6 Å². The second-order valence-electron chi connectivity index (χ2n) is 4.01. The first kappa shape index (κ1) is 11.9. The van der Waals surface area contributed by atoms with E-state index < -0.39 is 0 Å². The zero-order valence-corrected chi connectivity index (χ0v) is 9.96. The zero-order valence-electron chi connectivity index (χ0n) is 9.96. The molecule has 0 fully saturated rings. The van der Waals surface area contributed by atoms with Crippen molar-refractivity contribution < 1.29 is 0 Å². The normalized spacial score (nSPS) is 10.7. The summed E-state index contributed by atoms with van der Waals surface area (Å²) in [4.78, 5) is 8.60. The van der Waals surface area contributed by atoms with E-state index in [0.717, 1.165) is 30.4 Å². The second kappa shape index (κ2) is 5.66. The molecular weight excluding hydrogens is 188 g/mol. The fourth-order valence-corrected chi connectivity index (χ4v) is 1.34. The fourth-order valence-electron chi connectivity index (χ4n) is 1.34. The highest BCUT2D eigenvalue weighted by atomic mass is 15.1. The van der Waals surface area contributed by atoms with E-state index in [9.17, 15) is 0 Å². The topological polar surface area (TPSA) is 49.8 Å². The van der Waals surface area contributed by atoms with Crippen LogP contribution in [-0.4, -0.2) is 29.1 Å². The lowest BCUT2D eigenvalue weighted by Crippen LogP contribution is -2.28. The minimum atomic E-state index is 0.520. The van der Waals surface area contributed by atoms with Crippen LogP contribution in [0, 0.1) is 13.8 Å². The van der Waals surface area contributed by atoms with E-state index in [1.54, 1.807) is 0 Å². The Morgan fingerprint density at radius 3 is 2.27 bits per heavy atom. The van der Waals surface area contributed by atoms with Crippen LogP contribution in [0.1, 0.15) is 25.2 Å². The third-order valence-electron chi connectivity index (χ3n) is 1.94. The van der Waals surface area contributed by atoms with E-state index >= 15 is 0 Å². The third kappa shape index (κ3) is 4.74. The largest absolute Gasteiger partial charge is 0.353 e. The van der Waals surface area contributed by atoms with Crippen LogP contribution in [0.5, 0.6) is 0 Å². The third-order valence-corrected chi connectivity index (χ3v) is 1.94. The summed E-state index contributed by atoms with van der Waals surface area (Å²) in [7, 11) is 0. The number of rotatable bonds is 5. The van der Waals surface area contributed by atoms with Gasteiger partial charge in [-0.05, 0) is 19.9 Å². The zero-order chi connectivity index (χ0) is 11.3. The molecule has 0 aliphatic carbocycles. The van der Waals surface area contributed by atoms with Gasteiger partial charge in [0.1, 0.15) is 0 Å². The summed E-state index contributed by atoms with van der Waals surface area (Å²) in [6, 6.07) is 2.49. The number of aryl methyl sites for hydroxylation is 2. The van der Waals surface area contributed by atoms with Crippen molar-refractivity contribution in [3.05, 3.63) is 17.5 Å². The lowest BCUT2D eigenvalue weighted by atomic mass is 10.3. The van der Waals surface area contributed by atoms with Gasteiger partial charge in [-0.1, -0.05) is 13.8 Å². The Labute approximate surface area is 91.5 Å². The second-order valence-corrected chi connectivity index (χ2v) is 4.01. The van der Waals surface area contributed by atoms with Crippen LogP contribution in [0.15, 0.2) is 6.07 Å². The Kier molecular flexibility index (Phi) is 4.49. The minimum Gasteiger partial charge on any atom is -0.353 e. The molecule has 1 rings (SSSR count). The van der Waals surface area contributed by atoms with Gasteiger partial charge in [0.25, 0.3) is 0 Å². The Bertz CT molecular complexity index is 289. The van der Waals surface area contributed by atoms with Crippen molar-refractivity contribution in [2.45, 2.75) is 33.7 Å². The highest BCUT2D eigenvalue weighted by molar-refractivity contribution is 5.27. The lowest BCUT2D eigenvalue weighted by Gasteiger charge is -2.09. The van der Waals surface area contributed by atoms with Gasteiger partial charge in [-0.15, -0.1) is 0 Å². The number of anilines is 1. The van der Waals surface area contributed by atoms with Crippen molar-refractivity contribution in [3.8, 4) is 0 Å². The number of hydrogen-bond donors (Lipinski definition) is 2. The summed E-state index contributed by atoms with van der Waals surface area (Å²) in [5.74, 6) is 0.720. The molecule has 0 unspecified atom stereocenters. The van der Waals surface area contributed by atoms with Crippen LogP contribution in [-0.2, 0) is 0 Å². The van der Waals surface area contributed by atoms with Crippen molar-refractivity contribution in [3.63, 3.8) is 0 Å². The molecule has 0 radical (unpaired) electrons. The van der Waals surface area contributed by atoms with Gasteiger partial charge in [0.05, 0.1) is 0 Å². The Hall–Kier alpha value is -1.16. The average Bonchev–Trinajstić information content (AvgIpc) is 2.10. The average molecular weight is 208 g/mol. The Morgan fingerprint density at radius 1 is 1.13 bits per heavy atom. The molecule has 0 saturated heterocycles. The maximum Gasteiger partial charge on any atom is 0.223 e. The molecule has 2 N–H and O–H groups in total. The van der Waals surface area contributed by atoms with Crippen LogP contribution in [0.2, 0.25) is 0 Å². The summed E-state index contributed by atoms with van der Waals surface area (Å²) in [5, 5.41) is 6.52. The van der Waals surface area contributed by atoms with Gasteiger partial charge in [0.2, 0.25) is 5.95 Å². The molecule has 15 heavy (non-hydrogen) atoms. The predicted octanol–water partition coefficient (Wildman–Crippen LogP) is 1.50. The van der Waals surface area contributed by atoms with Crippen molar-refractivity contribution in [1.82, 2.24) is 15.3 Å². The molecule has 0 bridgehead atoms. The first-order valence-corrected chi connectivity index (χ1v) is 5.37. The molecule has 1 aromatic rings. The summed E-state index contributed by atoms with van der Waals surface area (Å²) in [6.07, 6.45) is 0. The monoisotopic (exact) mass is 208 g/mol. The van der Waals surface area contributed by atoms with Gasteiger partial charge in [-0.3, -0.25) is 0 Å². The van der Waals surface area contributed by atoms with Gasteiger partial charge < -0.3 is 10.6 Å². The molecule has 4 heteroatoms. The maximum atomic E-state index is 4.30. The highest BCUT2D eigenvalue weighted by Gasteiger charge is 1.98. The van der Waals surface area contributed by atoms with Crippen LogP contribution >= 0.6 is 0 Å². The molecule has 0 spiro atoms. The molecule has 0 aliphatic heterocycles. The van der Waals surface area contributed by atoms with Crippen LogP contribution in [0.25, 0.3) is 0 Å². The molecule has 0 atom stereocenters. The highest BCUT2D eigenvalue weighted by Crippen LogP contribution is 2.02. The molecular formula is C11H20N4. The Morgan fingerprint density at radius 2 is 1.73 bits per heavy atom. The molecule has 1 aromatic heterocycles. The number of hydrogen-bond acceptors (Lipinski definition) is 4. The molecule has 1 heterocycles. The molecule has 0 aromatic carbocycles. The summed E-state index contributed by atoms with van der Waals surface area (Å²) < 4.78 is 0. The number of aromatic nitrogens is 2. The first-order chi connectivity index (χ1) is 7.08. The van der Waals surface area contributed by atoms with Gasteiger partial charge >= 0.3 is 0 Å². The number of nitrogens with zero attached hydrogens (tertiary/aromatic N) is 2. The fraction of sp³-hybridized carbons (Fsp3) is 0.636. The summed E-state index contributed by atoms with van der Waals surface area (Å²) in [6.45, 7) is 9.99. The van der Waals surface area contributed by atoms with Gasteiger partial charge in [-0.25, -0.2) is 9.97 Å². The first-order valence-electron chi connectivity index (χ1n) is 5.37. The summed E-state index contributed by atoms with van der Waals surface area (Å²) >= 11 is 0. The van der Waals surface area contributed by atoms with E-state index in [-0.39, 0.29) is 0 Å². The van der Waals surface area contributed by atoms with E-state index in [0.29, 0.717) is 6.04 Å². The standard InChI is InChI=1S/C11H20N4/c1-8(2)12-5-6-13-11-14-9(3)7-10(4)15-11/h7-8,12H,5-6H2,1-4H3,(H,13,14,15). The minimum absolute atomic E-state index is 0.520. The van der Waals surface area contributed by atoms with E-state index in [1.807, 2.05) is 19.9 Å². The Balaban J connectivity index is 2.37. The SMILES string of the molecule is Cc1cc(C)nc(NCCNC(C)C)n1. The molecule has 4 nitrogen and oxygen atoms in total. The van der Waals surface area contributed by atoms with Gasteiger partial charge in [0, 0.05) is 30.5 Å². The molecule has 0 amide bonds. The predicted molar refractivity (Wildman–Crippen MR) is 63.1 cm³/mol. The van der Waals surface area contributed by atoms with E-state index in [4.69, 9.17) is 0 Å². The van der Waals surface area contributed by atoms with Crippen molar-refractivity contribution in [2.24, 2.45) is 0 Å². The molecule has 0 saturated carbocycles. The van der Waals surface area contributed by atoms with Crippen molar-refractivity contribution in [1.29, 1.82) is 0 Å². The van der Waals surface area contributed by atoms with E-state index in [2.05, 4.69) is 34.4 Å². The van der Waals surface area contributed by atoms with Gasteiger partial charge in [-0.2, -0.15) is 0 Å². The van der Waals surface area contributed by atoms with Crippen LogP contribution in [0.4, 0.5) is 5.95 Å². The summed E-state index contributed by atoms with van der Waals surface area (Å²) in [5.41, 5.74) is 2.00. The van der Waals surface area contributed by atoms with Crippen molar-refractivity contribution in [2.75, 3.05) is 18.4 Å². The van der Waals surface area contributed by atoms with Gasteiger partial charge in [0.15, 0.2) is 0 Å². The smallest absolute Gasteiger partial charge is 0.223 e. The van der Waals surface area contributed by atoms with E-state index in [1.165, 1.54) is 0 Å².